The van der Waals surface area contributed by atoms with Crippen LogP contribution in [-0.2, 0) is 11.8 Å². The summed E-state index contributed by atoms with van der Waals surface area (Å²) in [7, 11) is 0. The Kier molecular flexibility index (Phi) is 6.53. The number of rotatable bonds is 7. The summed E-state index contributed by atoms with van der Waals surface area (Å²) in [5.74, 6) is 0.151. The monoisotopic (exact) mass is 385 g/mol. The van der Waals surface area contributed by atoms with Gasteiger partial charge in [0.1, 0.15) is 0 Å². The average molecular weight is 386 g/mol. The summed E-state index contributed by atoms with van der Waals surface area (Å²) in [5.41, 5.74) is 5.54. The van der Waals surface area contributed by atoms with Crippen molar-refractivity contribution in [1.29, 1.82) is 0 Å². The lowest BCUT2D eigenvalue weighted by Gasteiger charge is -2.21. The van der Waals surface area contributed by atoms with Crippen molar-refractivity contribution in [2.75, 3.05) is 5.32 Å². The Hall–Kier alpha value is -2.87. The van der Waals surface area contributed by atoms with Crippen LogP contribution in [0.1, 0.15) is 67.2 Å². The van der Waals surface area contributed by atoms with Crippen LogP contribution in [-0.4, -0.2) is 5.78 Å². The minimum absolute atomic E-state index is 0.0712. The summed E-state index contributed by atoms with van der Waals surface area (Å²) in [6.45, 7) is 8.70. The molecule has 3 rings (SSSR count). The van der Waals surface area contributed by atoms with E-state index in [1.807, 2.05) is 42.5 Å². The predicted octanol–water partition coefficient (Wildman–Crippen LogP) is 6.97. The quantitative estimate of drug-likeness (QED) is 0.445. The van der Waals surface area contributed by atoms with Crippen LogP contribution in [0.15, 0.2) is 78.9 Å². The Morgan fingerprint density at radius 3 is 2.03 bits per heavy atom. The molecular weight excluding hydrogens is 354 g/mol. The first-order valence-electron chi connectivity index (χ1n) is 10.4. The molecule has 0 saturated carbocycles. The Bertz CT molecular complexity index is 919. The van der Waals surface area contributed by atoms with Gasteiger partial charge >= 0.3 is 0 Å². The van der Waals surface area contributed by atoms with Crippen molar-refractivity contribution in [3.05, 3.63) is 101 Å². The van der Waals surface area contributed by atoms with Crippen molar-refractivity contribution in [2.24, 2.45) is 0 Å². The van der Waals surface area contributed by atoms with Gasteiger partial charge in [-0.1, -0.05) is 94.4 Å². The van der Waals surface area contributed by atoms with Gasteiger partial charge in [0.25, 0.3) is 0 Å². The van der Waals surface area contributed by atoms with Crippen LogP contribution in [0.25, 0.3) is 0 Å². The summed E-state index contributed by atoms with van der Waals surface area (Å²) in [4.78, 5) is 13.1. The molecule has 2 heteroatoms. The summed E-state index contributed by atoms with van der Waals surface area (Å²) in [6, 6.07) is 26.7. The number of carbonyl (C=O) groups is 1. The molecule has 0 aliphatic carbocycles. The third-order valence-corrected chi connectivity index (χ3v) is 5.37. The Balaban J connectivity index is 1.82. The van der Waals surface area contributed by atoms with Crippen LogP contribution >= 0.6 is 0 Å². The molecule has 150 valence electrons. The van der Waals surface area contributed by atoms with E-state index in [2.05, 4.69) is 69.4 Å². The number of ketones is 1. The fraction of sp³-hybridized carbons (Fsp3) is 0.296. The summed E-state index contributed by atoms with van der Waals surface area (Å²) in [6.07, 6.45) is 1.42. The molecule has 2 nitrogen and oxygen atoms in total. The Morgan fingerprint density at radius 2 is 1.48 bits per heavy atom. The van der Waals surface area contributed by atoms with Gasteiger partial charge in [-0.25, -0.2) is 0 Å². The molecule has 0 unspecified atom stereocenters. The van der Waals surface area contributed by atoms with Gasteiger partial charge in [0.15, 0.2) is 5.78 Å². The first-order chi connectivity index (χ1) is 13.9. The summed E-state index contributed by atoms with van der Waals surface area (Å²) < 4.78 is 0. The van der Waals surface area contributed by atoms with E-state index >= 15 is 0 Å². The third kappa shape index (κ3) is 5.57. The molecule has 0 amide bonds. The van der Waals surface area contributed by atoms with E-state index in [1.165, 1.54) is 11.1 Å². The number of nitrogens with one attached hydrogen (secondary N) is 1. The first-order valence-corrected chi connectivity index (χ1v) is 10.4. The third-order valence-electron chi connectivity index (χ3n) is 5.37. The topological polar surface area (TPSA) is 29.1 Å². The number of aryl methyl sites for hydroxylation is 1. The zero-order valence-electron chi connectivity index (χ0n) is 17.9. The Morgan fingerprint density at radius 1 is 0.862 bits per heavy atom. The minimum Gasteiger partial charge on any atom is -0.378 e. The van der Waals surface area contributed by atoms with E-state index in [9.17, 15) is 4.79 Å². The lowest BCUT2D eigenvalue weighted by atomic mass is 9.86. The molecule has 0 bridgehead atoms. The molecule has 29 heavy (non-hydrogen) atoms. The van der Waals surface area contributed by atoms with Crippen LogP contribution in [0.3, 0.4) is 0 Å². The highest BCUT2D eigenvalue weighted by Gasteiger charge is 2.19. The van der Waals surface area contributed by atoms with Crippen LogP contribution in [0.5, 0.6) is 0 Å². The van der Waals surface area contributed by atoms with Gasteiger partial charge in [-0.3, -0.25) is 4.79 Å². The summed E-state index contributed by atoms with van der Waals surface area (Å²) in [5, 5.41) is 3.55. The molecule has 1 N–H and O–H groups in total. The van der Waals surface area contributed by atoms with Crippen molar-refractivity contribution in [3.63, 3.8) is 0 Å². The van der Waals surface area contributed by atoms with Crippen LogP contribution in [0.4, 0.5) is 5.69 Å². The number of para-hydroxylation sites is 1. The first kappa shape index (κ1) is 20.9. The molecule has 0 radical (unpaired) electrons. The maximum Gasteiger partial charge on any atom is 0.165 e. The Labute approximate surface area is 175 Å². The van der Waals surface area contributed by atoms with Gasteiger partial charge in [-0.05, 0) is 40.7 Å². The second-order valence-corrected chi connectivity index (χ2v) is 8.61. The van der Waals surface area contributed by atoms with Gasteiger partial charge in [-0.15, -0.1) is 0 Å². The molecule has 0 heterocycles. The van der Waals surface area contributed by atoms with Crippen molar-refractivity contribution >= 4 is 11.5 Å². The van der Waals surface area contributed by atoms with Crippen molar-refractivity contribution in [1.82, 2.24) is 0 Å². The number of hydrogen-bond donors (Lipinski definition) is 1. The largest absolute Gasteiger partial charge is 0.378 e. The van der Waals surface area contributed by atoms with Crippen molar-refractivity contribution < 1.29 is 4.79 Å². The van der Waals surface area contributed by atoms with Gasteiger partial charge in [-0.2, -0.15) is 0 Å². The van der Waals surface area contributed by atoms with Gasteiger partial charge in [0.2, 0.25) is 0 Å². The lowest BCUT2D eigenvalue weighted by Crippen LogP contribution is -2.16. The van der Waals surface area contributed by atoms with Crippen LogP contribution < -0.4 is 5.32 Å². The maximum absolute atomic E-state index is 13.1. The SMILES string of the molecule is CCc1ccc([C@H](CC(=O)c2ccc(C(C)(C)C)cc2)Nc2ccccc2)cc1. The second kappa shape index (κ2) is 9.09. The van der Waals surface area contributed by atoms with E-state index in [4.69, 9.17) is 0 Å². The maximum atomic E-state index is 13.1. The molecule has 1 atom stereocenters. The highest BCUT2D eigenvalue weighted by molar-refractivity contribution is 5.96. The number of Topliss-reactive ketones (excluding diaryl/α,β-unsaturated/α-hetero) is 1. The molecule has 0 fully saturated rings. The summed E-state index contributed by atoms with van der Waals surface area (Å²) >= 11 is 0. The molecular formula is C27H31NO. The molecule has 3 aromatic carbocycles. The highest BCUT2D eigenvalue weighted by Crippen LogP contribution is 2.27. The minimum atomic E-state index is -0.0712. The van der Waals surface area contributed by atoms with Crippen molar-refractivity contribution in [2.45, 2.75) is 52.0 Å². The second-order valence-electron chi connectivity index (χ2n) is 8.61. The fourth-order valence-corrected chi connectivity index (χ4v) is 3.43. The predicted molar refractivity (Wildman–Crippen MR) is 123 cm³/mol. The number of hydrogen-bond acceptors (Lipinski definition) is 2. The van der Waals surface area contributed by atoms with E-state index in [0.29, 0.717) is 6.42 Å². The zero-order valence-corrected chi connectivity index (χ0v) is 17.9. The molecule has 0 aliphatic rings. The number of benzene rings is 3. The van der Waals surface area contributed by atoms with Gasteiger partial charge in [0.05, 0.1) is 6.04 Å². The van der Waals surface area contributed by atoms with Crippen LogP contribution in [0, 0.1) is 0 Å². The van der Waals surface area contributed by atoms with E-state index in [1.54, 1.807) is 0 Å². The standard InChI is InChI=1S/C27H31NO/c1-5-20-11-13-21(14-12-20)25(28-24-9-7-6-8-10-24)19-26(29)22-15-17-23(18-16-22)27(2,3)4/h6-18,25,28H,5,19H2,1-4H3/t25-/m0/s1. The average Bonchev–Trinajstić information content (AvgIpc) is 2.73. The van der Waals surface area contributed by atoms with Gasteiger partial charge < -0.3 is 5.32 Å². The van der Waals surface area contributed by atoms with Gasteiger partial charge in [0, 0.05) is 17.7 Å². The molecule has 0 saturated heterocycles. The molecule has 3 aromatic rings. The van der Waals surface area contributed by atoms with Crippen molar-refractivity contribution in [3.8, 4) is 0 Å². The number of carbonyl (C=O) groups excluding carboxylic acids is 1. The normalized spacial score (nSPS) is 12.4. The van der Waals surface area contributed by atoms with Crippen LogP contribution in [0.2, 0.25) is 0 Å². The highest BCUT2D eigenvalue weighted by atomic mass is 16.1. The number of anilines is 1. The lowest BCUT2D eigenvalue weighted by molar-refractivity contribution is 0.0976. The molecule has 0 aliphatic heterocycles. The van der Waals surface area contributed by atoms with E-state index < -0.39 is 0 Å². The fourth-order valence-electron chi connectivity index (χ4n) is 3.43. The smallest absolute Gasteiger partial charge is 0.165 e. The zero-order chi connectivity index (χ0) is 20.9. The van der Waals surface area contributed by atoms with E-state index in [0.717, 1.165) is 23.2 Å². The molecule has 0 spiro atoms. The molecule has 0 aromatic heterocycles. The van der Waals surface area contributed by atoms with E-state index in [-0.39, 0.29) is 17.2 Å².